The second kappa shape index (κ2) is 4.72. The molecule has 19 heavy (non-hydrogen) atoms. The van der Waals surface area contributed by atoms with Gasteiger partial charge >= 0.3 is 0 Å². The molecule has 2 heterocycles. The molecule has 4 heteroatoms. The van der Waals surface area contributed by atoms with Crippen molar-refractivity contribution in [2.45, 2.75) is 19.9 Å². The fourth-order valence-corrected chi connectivity index (χ4v) is 2.30. The number of imidazole rings is 1. The molecule has 0 atom stereocenters. The highest BCUT2D eigenvalue weighted by Crippen LogP contribution is 2.18. The summed E-state index contributed by atoms with van der Waals surface area (Å²) in [6.45, 7) is 3.00. The standard InChI is InChI=1S/C15H15N3O/c1-2-18-14-6-4-3-5-13(14)17-15(18)9-11-7-8-12(19)10-16-11/h3-8,10,19H,2,9H2,1H3. The van der Waals surface area contributed by atoms with Crippen LogP contribution in [0.5, 0.6) is 5.75 Å². The zero-order chi connectivity index (χ0) is 13.2. The largest absolute Gasteiger partial charge is 0.506 e. The summed E-state index contributed by atoms with van der Waals surface area (Å²) in [5, 5.41) is 9.25. The molecule has 0 fully saturated rings. The van der Waals surface area contributed by atoms with Crippen LogP contribution in [0.1, 0.15) is 18.4 Å². The zero-order valence-electron chi connectivity index (χ0n) is 10.7. The van der Waals surface area contributed by atoms with Gasteiger partial charge in [-0.25, -0.2) is 4.98 Å². The Labute approximate surface area is 111 Å². The molecule has 0 unspecified atom stereocenters. The minimum atomic E-state index is 0.188. The highest BCUT2D eigenvalue weighted by Gasteiger charge is 2.10. The molecule has 0 radical (unpaired) electrons. The maximum absolute atomic E-state index is 9.25. The number of pyridine rings is 1. The van der Waals surface area contributed by atoms with Crippen LogP contribution in [0.3, 0.4) is 0 Å². The predicted octanol–water partition coefficient (Wildman–Crippen LogP) is 2.75. The molecule has 0 spiro atoms. The summed E-state index contributed by atoms with van der Waals surface area (Å²) in [4.78, 5) is 8.88. The van der Waals surface area contributed by atoms with Crippen LogP contribution in [0.2, 0.25) is 0 Å². The molecule has 0 aliphatic heterocycles. The first kappa shape index (κ1) is 11.7. The van der Waals surface area contributed by atoms with Crippen molar-refractivity contribution in [3.8, 4) is 5.75 Å². The zero-order valence-corrected chi connectivity index (χ0v) is 10.7. The summed E-state index contributed by atoms with van der Waals surface area (Å²) >= 11 is 0. The molecule has 2 aromatic heterocycles. The number of para-hydroxylation sites is 2. The lowest BCUT2D eigenvalue weighted by Crippen LogP contribution is -2.03. The van der Waals surface area contributed by atoms with E-state index in [1.807, 2.05) is 24.3 Å². The molecule has 0 aliphatic carbocycles. The summed E-state index contributed by atoms with van der Waals surface area (Å²) in [7, 11) is 0. The lowest BCUT2D eigenvalue weighted by Gasteiger charge is -2.05. The topological polar surface area (TPSA) is 50.9 Å². The summed E-state index contributed by atoms with van der Waals surface area (Å²) in [6.07, 6.45) is 2.14. The number of aromatic hydroxyl groups is 1. The van der Waals surface area contributed by atoms with Gasteiger partial charge in [-0.05, 0) is 31.2 Å². The number of fused-ring (bicyclic) bond motifs is 1. The van der Waals surface area contributed by atoms with Crippen LogP contribution in [-0.4, -0.2) is 19.6 Å². The maximum Gasteiger partial charge on any atom is 0.133 e. The highest BCUT2D eigenvalue weighted by molar-refractivity contribution is 5.75. The molecule has 0 bridgehead atoms. The van der Waals surface area contributed by atoms with Crippen LogP contribution in [0.25, 0.3) is 11.0 Å². The molecule has 0 saturated heterocycles. The summed E-state index contributed by atoms with van der Waals surface area (Å²) in [5.74, 6) is 1.19. The van der Waals surface area contributed by atoms with Gasteiger partial charge in [-0.1, -0.05) is 12.1 Å². The van der Waals surface area contributed by atoms with Crippen molar-refractivity contribution in [1.82, 2.24) is 14.5 Å². The fraction of sp³-hybridized carbons (Fsp3) is 0.200. The lowest BCUT2D eigenvalue weighted by molar-refractivity contribution is 0.472. The van der Waals surface area contributed by atoms with E-state index >= 15 is 0 Å². The smallest absolute Gasteiger partial charge is 0.133 e. The Balaban J connectivity index is 2.02. The van der Waals surface area contributed by atoms with E-state index in [4.69, 9.17) is 0 Å². The molecule has 0 amide bonds. The lowest BCUT2D eigenvalue weighted by atomic mass is 10.2. The third kappa shape index (κ3) is 2.17. The minimum absolute atomic E-state index is 0.188. The second-order valence-corrected chi connectivity index (χ2v) is 4.45. The normalized spacial score (nSPS) is 11.0. The van der Waals surface area contributed by atoms with Crippen molar-refractivity contribution in [3.05, 3.63) is 54.1 Å². The maximum atomic E-state index is 9.25. The van der Waals surface area contributed by atoms with Gasteiger partial charge in [0.25, 0.3) is 0 Å². The first-order valence-corrected chi connectivity index (χ1v) is 6.36. The molecule has 4 nitrogen and oxygen atoms in total. The van der Waals surface area contributed by atoms with Gasteiger partial charge in [-0.15, -0.1) is 0 Å². The van der Waals surface area contributed by atoms with Gasteiger partial charge in [-0.2, -0.15) is 0 Å². The number of benzene rings is 1. The van der Waals surface area contributed by atoms with Crippen LogP contribution >= 0.6 is 0 Å². The van der Waals surface area contributed by atoms with Crippen molar-refractivity contribution < 1.29 is 5.11 Å². The average Bonchev–Trinajstić information content (AvgIpc) is 2.78. The van der Waals surface area contributed by atoms with Crippen molar-refractivity contribution in [1.29, 1.82) is 0 Å². The fourth-order valence-electron chi connectivity index (χ4n) is 2.30. The molecule has 1 aromatic carbocycles. The number of aryl methyl sites for hydroxylation is 1. The van der Waals surface area contributed by atoms with E-state index < -0.39 is 0 Å². The van der Waals surface area contributed by atoms with E-state index in [0.717, 1.165) is 29.1 Å². The van der Waals surface area contributed by atoms with E-state index in [2.05, 4.69) is 27.5 Å². The summed E-state index contributed by atoms with van der Waals surface area (Å²) < 4.78 is 2.20. The van der Waals surface area contributed by atoms with Gasteiger partial charge < -0.3 is 9.67 Å². The first-order valence-electron chi connectivity index (χ1n) is 6.36. The van der Waals surface area contributed by atoms with Gasteiger partial charge in [0.05, 0.1) is 17.2 Å². The number of rotatable bonds is 3. The van der Waals surface area contributed by atoms with Gasteiger partial charge in [0.1, 0.15) is 11.6 Å². The molecular weight excluding hydrogens is 238 g/mol. The van der Waals surface area contributed by atoms with Gasteiger partial charge in [0, 0.05) is 18.7 Å². The number of nitrogens with zero attached hydrogens (tertiary/aromatic N) is 3. The van der Waals surface area contributed by atoms with Crippen molar-refractivity contribution in [3.63, 3.8) is 0 Å². The Morgan fingerprint density at radius 3 is 2.74 bits per heavy atom. The molecule has 3 aromatic rings. The number of aromatic nitrogens is 3. The summed E-state index contributed by atoms with van der Waals surface area (Å²) in [6, 6.07) is 11.6. The van der Waals surface area contributed by atoms with Crippen molar-refractivity contribution in [2.24, 2.45) is 0 Å². The van der Waals surface area contributed by atoms with E-state index in [1.54, 1.807) is 6.07 Å². The van der Waals surface area contributed by atoms with Crippen LogP contribution in [0, 0.1) is 0 Å². The van der Waals surface area contributed by atoms with Crippen molar-refractivity contribution >= 4 is 11.0 Å². The molecule has 0 saturated carbocycles. The van der Waals surface area contributed by atoms with E-state index in [0.29, 0.717) is 6.42 Å². The summed E-state index contributed by atoms with van der Waals surface area (Å²) in [5.41, 5.74) is 3.07. The Morgan fingerprint density at radius 2 is 2.00 bits per heavy atom. The third-order valence-corrected chi connectivity index (χ3v) is 3.20. The Hall–Kier alpha value is -2.36. The molecular formula is C15H15N3O. The quantitative estimate of drug-likeness (QED) is 0.780. The molecule has 0 aliphatic rings. The second-order valence-electron chi connectivity index (χ2n) is 4.45. The van der Waals surface area contributed by atoms with Crippen molar-refractivity contribution in [2.75, 3.05) is 0 Å². The monoisotopic (exact) mass is 253 g/mol. The molecule has 1 N–H and O–H groups in total. The Morgan fingerprint density at radius 1 is 1.16 bits per heavy atom. The number of hydrogen-bond acceptors (Lipinski definition) is 3. The molecule has 3 rings (SSSR count). The minimum Gasteiger partial charge on any atom is -0.506 e. The van der Waals surface area contributed by atoms with Gasteiger partial charge in [0.15, 0.2) is 0 Å². The number of hydrogen-bond donors (Lipinski definition) is 1. The van der Waals surface area contributed by atoms with Crippen LogP contribution in [-0.2, 0) is 13.0 Å². The van der Waals surface area contributed by atoms with Crippen LogP contribution < -0.4 is 0 Å². The van der Waals surface area contributed by atoms with Crippen LogP contribution in [0.15, 0.2) is 42.6 Å². The van der Waals surface area contributed by atoms with E-state index in [9.17, 15) is 5.11 Å². The average molecular weight is 253 g/mol. The SMILES string of the molecule is CCn1c(Cc2ccc(O)cn2)nc2ccccc21. The Kier molecular flexibility index (Phi) is 2.91. The third-order valence-electron chi connectivity index (χ3n) is 3.20. The first-order chi connectivity index (χ1) is 9.28. The Bertz CT molecular complexity index is 701. The van der Waals surface area contributed by atoms with Crippen LogP contribution in [0.4, 0.5) is 0 Å². The van der Waals surface area contributed by atoms with E-state index in [-0.39, 0.29) is 5.75 Å². The van der Waals surface area contributed by atoms with Gasteiger partial charge in [0.2, 0.25) is 0 Å². The predicted molar refractivity (Wildman–Crippen MR) is 74.1 cm³/mol. The highest BCUT2D eigenvalue weighted by atomic mass is 16.3. The van der Waals surface area contributed by atoms with Gasteiger partial charge in [-0.3, -0.25) is 4.98 Å². The van der Waals surface area contributed by atoms with E-state index in [1.165, 1.54) is 6.20 Å². The molecule has 96 valence electrons.